The van der Waals surface area contributed by atoms with E-state index in [0.717, 1.165) is 12.0 Å². The molecule has 80 valence electrons. The third-order valence-electron chi connectivity index (χ3n) is 2.07. The zero-order chi connectivity index (χ0) is 10.7. The lowest BCUT2D eigenvalue weighted by Gasteiger charge is -2.00. The highest BCUT2D eigenvalue weighted by molar-refractivity contribution is 7.08. The first-order valence-corrected chi connectivity index (χ1v) is 5.79. The van der Waals surface area contributed by atoms with Gasteiger partial charge in [0.1, 0.15) is 6.10 Å². The summed E-state index contributed by atoms with van der Waals surface area (Å²) in [5, 5.41) is 17.3. The molecule has 0 saturated carbocycles. The Hall–Kier alpha value is -1.20. The van der Waals surface area contributed by atoms with Gasteiger partial charge in [-0.3, -0.25) is 0 Å². The summed E-state index contributed by atoms with van der Waals surface area (Å²) < 4.78 is 5.06. The van der Waals surface area contributed by atoms with Crippen molar-refractivity contribution in [1.29, 1.82) is 0 Å². The average Bonchev–Trinajstić information content (AvgIpc) is 2.89. The van der Waals surface area contributed by atoms with Gasteiger partial charge in [0.2, 0.25) is 5.82 Å². The van der Waals surface area contributed by atoms with Crippen LogP contribution in [0.3, 0.4) is 0 Å². The summed E-state index contributed by atoms with van der Waals surface area (Å²) in [6.45, 7) is 2.00. The van der Waals surface area contributed by atoms with Crippen LogP contribution in [0.5, 0.6) is 0 Å². The maximum Gasteiger partial charge on any atom is 0.258 e. The van der Waals surface area contributed by atoms with E-state index < -0.39 is 6.10 Å². The van der Waals surface area contributed by atoms with E-state index in [0.29, 0.717) is 18.1 Å². The van der Waals surface area contributed by atoms with Crippen LogP contribution < -0.4 is 0 Å². The molecule has 2 aromatic rings. The Bertz CT molecular complexity index is 411. The second kappa shape index (κ2) is 4.55. The Morgan fingerprint density at radius 1 is 1.60 bits per heavy atom. The lowest BCUT2D eigenvalue weighted by Crippen LogP contribution is -1.98. The van der Waals surface area contributed by atoms with E-state index in [2.05, 4.69) is 10.1 Å². The molecule has 1 N–H and O–H groups in total. The van der Waals surface area contributed by atoms with Crippen LogP contribution in [0.2, 0.25) is 0 Å². The van der Waals surface area contributed by atoms with Crippen LogP contribution in [-0.2, 0) is 0 Å². The van der Waals surface area contributed by atoms with Crippen LogP contribution in [0.25, 0.3) is 11.5 Å². The number of aliphatic hydroxyl groups excluding tert-OH is 1. The van der Waals surface area contributed by atoms with Crippen LogP contribution in [-0.4, -0.2) is 15.2 Å². The Morgan fingerprint density at radius 2 is 2.47 bits per heavy atom. The summed E-state index contributed by atoms with van der Waals surface area (Å²) in [6, 6.07) is 1.91. The van der Waals surface area contributed by atoms with Gasteiger partial charge in [-0.1, -0.05) is 18.5 Å². The smallest absolute Gasteiger partial charge is 0.258 e. The third kappa shape index (κ3) is 2.24. The van der Waals surface area contributed by atoms with Crippen LogP contribution in [0.1, 0.15) is 31.7 Å². The van der Waals surface area contributed by atoms with Crippen molar-refractivity contribution >= 4 is 11.3 Å². The molecule has 1 unspecified atom stereocenters. The SMILES string of the molecule is CCCC(O)c1noc(-c2ccsc2)n1. The summed E-state index contributed by atoms with van der Waals surface area (Å²) in [7, 11) is 0. The molecule has 0 aliphatic carbocycles. The molecule has 2 rings (SSSR count). The van der Waals surface area contributed by atoms with Gasteiger partial charge in [-0.05, 0) is 17.9 Å². The standard InChI is InChI=1S/C10H12N2O2S/c1-2-3-8(13)9-11-10(14-12-9)7-4-5-15-6-7/h4-6,8,13H,2-3H2,1H3. The zero-order valence-electron chi connectivity index (χ0n) is 8.38. The zero-order valence-corrected chi connectivity index (χ0v) is 9.20. The fourth-order valence-electron chi connectivity index (χ4n) is 1.28. The Morgan fingerprint density at radius 3 is 3.13 bits per heavy atom. The van der Waals surface area contributed by atoms with Crippen molar-refractivity contribution in [2.24, 2.45) is 0 Å². The molecule has 0 aromatic carbocycles. The monoisotopic (exact) mass is 224 g/mol. The topological polar surface area (TPSA) is 59.2 Å². The van der Waals surface area contributed by atoms with Crippen LogP contribution in [0.15, 0.2) is 21.3 Å². The lowest BCUT2D eigenvalue weighted by molar-refractivity contribution is 0.153. The number of aliphatic hydroxyl groups is 1. The molecule has 5 heteroatoms. The molecule has 0 spiro atoms. The number of aromatic nitrogens is 2. The highest BCUT2D eigenvalue weighted by Crippen LogP contribution is 2.22. The molecule has 2 heterocycles. The van der Waals surface area contributed by atoms with Gasteiger partial charge in [0.05, 0.1) is 5.56 Å². The molecule has 0 bridgehead atoms. The van der Waals surface area contributed by atoms with E-state index in [1.165, 1.54) is 0 Å². The number of nitrogens with zero attached hydrogens (tertiary/aromatic N) is 2. The number of thiophene rings is 1. The van der Waals surface area contributed by atoms with Gasteiger partial charge < -0.3 is 9.63 Å². The first-order chi connectivity index (χ1) is 7.31. The van der Waals surface area contributed by atoms with Gasteiger partial charge >= 0.3 is 0 Å². The molecule has 4 nitrogen and oxygen atoms in total. The van der Waals surface area contributed by atoms with E-state index in [1.54, 1.807) is 11.3 Å². The summed E-state index contributed by atoms with van der Waals surface area (Å²) in [6.07, 6.45) is 0.928. The maximum atomic E-state index is 9.65. The predicted octanol–water partition coefficient (Wildman–Crippen LogP) is 2.63. The van der Waals surface area contributed by atoms with Crippen molar-refractivity contribution in [1.82, 2.24) is 10.1 Å². The lowest BCUT2D eigenvalue weighted by atomic mass is 10.2. The van der Waals surface area contributed by atoms with Crippen molar-refractivity contribution in [2.75, 3.05) is 0 Å². The molecule has 15 heavy (non-hydrogen) atoms. The van der Waals surface area contributed by atoms with Crippen molar-refractivity contribution in [3.05, 3.63) is 22.7 Å². The minimum absolute atomic E-state index is 0.373. The summed E-state index contributed by atoms with van der Waals surface area (Å²) in [5.41, 5.74) is 0.905. The fraction of sp³-hybridized carbons (Fsp3) is 0.400. The van der Waals surface area contributed by atoms with E-state index in [9.17, 15) is 5.11 Å². The number of hydrogen-bond acceptors (Lipinski definition) is 5. The van der Waals surface area contributed by atoms with Crippen molar-refractivity contribution < 1.29 is 9.63 Å². The number of rotatable bonds is 4. The molecule has 0 saturated heterocycles. The molecule has 0 aliphatic heterocycles. The Kier molecular flexibility index (Phi) is 3.13. The first kappa shape index (κ1) is 10.3. The average molecular weight is 224 g/mol. The van der Waals surface area contributed by atoms with E-state index in [1.807, 2.05) is 23.8 Å². The molecule has 0 fully saturated rings. The van der Waals surface area contributed by atoms with Gasteiger partial charge in [-0.2, -0.15) is 16.3 Å². The van der Waals surface area contributed by atoms with E-state index in [4.69, 9.17) is 4.52 Å². The van der Waals surface area contributed by atoms with Crippen LogP contribution in [0.4, 0.5) is 0 Å². The summed E-state index contributed by atoms with van der Waals surface area (Å²) in [5.74, 6) is 0.847. The van der Waals surface area contributed by atoms with Crippen LogP contribution >= 0.6 is 11.3 Å². The molecule has 0 amide bonds. The van der Waals surface area contributed by atoms with Gasteiger partial charge in [0.15, 0.2) is 0 Å². The van der Waals surface area contributed by atoms with Gasteiger partial charge in [-0.25, -0.2) is 0 Å². The second-order valence-electron chi connectivity index (χ2n) is 3.27. The Balaban J connectivity index is 2.17. The van der Waals surface area contributed by atoms with Gasteiger partial charge in [0.25, 0.3) is 5.89 Å². The largest absolute Gasteiger partial charge is 0.385 e. The van der Waals surface area contributed by atoms with Gasteiger partial charge in [0, 0.05) is 5.38 Å². The quantitative estimate of drug-likeness (QED) is 0.867. The van der Waals surface area contributed by atoms with Crippen molar-refractivity contribution in [2.45, 2.75) is 25.9 Å². The number of hydrogen-bond donors (Lipinski definition) is 1. The second-order valence-corrected chi connectivity index (χ2v) is 4.05. The van der Waals surface area contributed by atoms with Crippen LogP contribution in [0, 0.1) is 0 Å². The fourth-order valence-corrected chi connectivity index (χ4v) is 1.91. The molecule has 2 aromatic heterocycles. The van der Waals surface area contributed by atoms with Gasteiger partial charge in [-0.15, -0.1) is 0 Å². The van der Waals surface area contributed by atoms with Crippen molar-refractivity contribution in [3.8, 4) is 11.5 Å². The first-order valence-electron chi connectivity index (χ1n) is 4.85. The van der Waals surface area contributed by atoms with Crippen molar-refractivity contribution in [3.63, 3.8) is 0 Å². The molecular formula is C10H12N2O2S. The normalized spacial score (nSPS) is 12.9. The highest BCUT2D eigenvalue weighted by Gasteiger charge is 2.15. The van der Waals surface area contributed by atoms with E-state index in [-0.39, 0.29) is 0 Å². The Labute approximate surface area is 91.6 Å². The maximum absolute atomic E-state index is 9.65. The molecular weight excluding hydrogens is 212 g/mol. The minimum atomic E-state index is -0.619. The predicted molar refractivity (Wildman–Crippen MR) is 57.5 cm³/mol. The molecule has 1 atom stereocenters. The molecule has 0 radical (unpaired) electrons. The highest BCUT2D eigenvalue weighted by atomic mass is 32.1. The summed E-state index contributed by atoms with van der Waals surface area (Å²) in [4.78, 5) is 4.15. The molecule has 0 aliphatic rings. The third-order valence-corrected chi connectivity index (χ3v) is 2.75. The minimum Gasteiger partial charge on any atom is -0.385 e. The van der Waals surface area contributed by atoms with E-state index >= 15 is 0 Å². The summed E-state index contributed by atoms with van der Waals surface area (Å²) >= 11 is 1.57.